The van der Waals surface area contributed by atoms with Gasteiger partial charge in [-0.25, -0.2) is 18.9 Å². The Balaban J connectivity index is 1.73. The van der Waals surface area contributed by atoms with Crippen LogP contribution in [0.15, 0.2) is 53.4 Å². The summed E-state index contributed by atoms with van der Waals surface area (Å²) in [5.74, 6) is -0.712. The Labute approximate surface area is 213 Å². The van der Waals surface area contributed by atoms with Crippen LogP contribution in [0.3, 0.4) is 0 Å². The lowest BCUT2D eigenvalue weighted by Gasteiger charge is -2.30. The second-order valence-electron chi connectivity index (χ2n) is 8.57. The average molecular weight is 555 g/mol. The van der Waals surface area contributed by atoms with E-state index in [1.165, 1.54) is 37.3 Å². The number of thiophene rings is 1. The maximum absolute atomic E-state index is 13.6. The summed E-state index contributed by atoms with van der Waals surface area (Å²) in [7, 11) is -5.12. The zero-order valence-electron chi connectivity index (χ0n) is 19.6. The van der Waals surface area contributed by atoms with E-state index in [1.807, 2.05) is 24.3 Å². The number of hydrogen-bond acceptors (Lipinski definition) is 9. The van der Waals surface area contributed by atoms with Crippen LogP contribution in [0.4, 0.5) is 0 Å². The van der Waals surface area contributed by atoms with Crippen molar-refractivity contribution >= 4 is 37.3 Å². The summed E-state index contributed by atoms with van der Waals surface area (Å²) in [4.78, 5) is 17.4. The SMILES string of the molecule is CN(C)S(=O)(=O)N1CC[C@](CC(=O)NO)(c2ccc(-c3ccc(-c4cnco4)cc3)s2)S(=O)(=O)CC1. The number of sulfone groups is 1. The van der Waals surface area contributed by atoms with E-state index in [2.05, 4.69) is 4.98 Å². The molecular formula is C22H26N4O7S3. The lowest BCUT2D eigenvalue weighted by atomic mass is 9.97. The van der Waals surface area contributed by atoms with E-state index in [0.29, 0.717) is 10.6 Å². The first-order chi connectivity index (χ1) is 17.0. The highest BCUT2D eigenvalue weighted by atomic mass is 32.2. The molecule has 14 heteroatoms. The molecule has 36 heavy (non-hydrogen) atoms. The van der Waals surface area contributed by atoms with Gasteiger partial charge >= 0.3 is 0 Å². The standard InChI is InChI=1S/C22H26N4O7S3/c1-25(2)36(31,32)26-10-9-22(13-21(27)24-28,35(29,30)12-11-26)20-8-7-19(34-20)17-5-3-16(4-6-17)18-14-23-15-33-18/h3-8,14-15,28H,9-13H2,1-2H3,(H,24,27)/t22-/m0/s1. The quantitative estimate of drug-likeness (QED) is 0.333. The normalized spacial score (nSPS) is 20.8. The van der Waals surface area contributed by atoms with Crippen LogP contribution in [-0.2, 0) is 29.6 Å². The largest absolute Gasteiger partial charge is 0.444 e. The third kappa shape index (κ3) is 4.84. The predicted octanol–water partition coefficient (Wildman–Crippen LogP) is 2.09. The van der Waals surface area contributed by atoms with Crippen LogP contribution in [0.1, 0.15) is 17.7 Å². The van der Waals surface area contributed by atoms with E-state index in [4.69, 9.17) is 4.42 Å². The molecule has 1 amide bonds. The van der Waals surface area contributed by atoms with Crippen molar-refractivity contribution < 1.29 is 31.3 Å². The van der Waals surface area contributed by atoms with Gasteiger partial charge in [0.1, 0.15) is 4.75 Å². The molecule has 0 bridgehead atoms. The minimum absolute atomic E-state index is 0.0996. The maximum Gasteiger partial charge on any atom is 0.281 e. The number of hydrogen-bond donors (Lipinski definition) is 2. The highest BCUT2D eigenvalue weighted by Crippen LogP contribution is 2.45. The molecule has 194 valence electrons. The van der Waals surface area contributed by atoms with Crippen molar-refractivity contribution in [2.24, 2.45) is 0 Å². The molecule has 0 unspecified atom stereocenters. The molecule has 0 saturated carbocycles. The number of benzene rings is 1. The van der Waals surface area contributed by atoms with Gasteiger partial charge in [-0.05, 0) is 24.1 Å². The maximum atomic E-state index is 13.6. The molecule has 1 aliphatic rings. The smallest absolute Gasteiger partial charge is 0.281 e. The Morgan fingerprint density at radius 1 is 1.19 bits per heavy atom. The molecule has 1 saturated heterocycles. The summed E-state index contributed by atoms with van der Waals surface area (Å²) in [6.07, 6.45) is 2.27. The molecule has 0 aliphatic carbocycles. The van der Waals surface area contributed by atoms with Crippen molar-refractivity contribution in [1.29, 1.82) is 0 Å². The number of oxazole rings is 1. The van der Waals surface area contributed by atoms with Crippen molar-refractivity contribution in [3.05, 3.63) is 53.9 Å². The van der Waals surface area contributed by atoms with Gasteiger partial charge in [0, 0.05) is 42.5 Å². The molecule has 0 spiro atoms. The van der Waals surface area contributed by atoms with Gasteiger partial charge in [0.25, 0.3) is 10.2 Å². The van der Waals surface area contributed by atoms with Crippen LogP contribution >= 0.6 is 11.3 Å². The average Bonchev–Trinajstić information content (AvgIpc) is 3.53. The molecule has 2 N–H and O–H groups in total. The number of aromatic nitrogens is 1. The van der Waals surface area contributed by atoms with Gasteiger partial charge in [-0.15, -0.1) is 11.3 Å². The van der Waals surface area contributed by atoms with Crippen molar-refractivity contribution in [1.82, 2.24) is 19.1 Å². The molecule has 1 aliphatic heterocycles. The van der Waals surface area contributed by atoms with Gasteiger partial charge in [-0.2, -0.15) is 17.0 Å². The monoisotopic (exact) mass is 554 g/mol. The van der Waals surface area contributed by atoms with Gasteiger partial charge in [0.05, 0.1) is 18.4 Å². The summed E-state index contributed by atoms with van der Waals surface area (Å²) in [6.45, 7) is -0.329. The van der Waals surface area contributed by atoms with Gasteiger partial charge in [0.15, 0.2) is 22.0 Å². The van der Waals surface area contributed by atoms with Gasteiger partial charge in [-0.3, -0.25) is 10.0 Å². The van der Waals surface area contributed by atoms with Crippen LogP contribution < -0.4 is 5.48 Å². The number of hydroxylamine groups is 1. The number of amides is 1. The highest BCUT2D eigenvalue weighted by Gasteiger charge is 2.50. The van der Waals surface area contributed by atoms with Crippen molar-refractivity contribution in [3.63, 3.8) is 0 Å². The number of rotatable bonds is 7. The van der Waals surface area contributed by atoms with E-state index < -0.39 is 42.9 Å². The fourth-order valence-electron chi connectivity index (χ4n) is 4.21. The van der Waals surface area contributed by atoms with E-state index in [1.54, 1.807) is 18.3 Å². The fraction of sp³-hybridized carbons (Fsp3) is 0.364. The lowest BCUT2D eigenvalue weighted by Crippen LogP contribution is -2.42. The first-order valence-corrected chi connectivity index (χ1v) is 14.8. The molecule has 1 aromatic carbocycles. The summed E-state index contributed by atoms with van der Waals surface area (Å²) in [6, 6.07) is 10.9. The first-order valence-electron chi connectivity index (χ1n) is 10.9. The number of nitrogens with one attached hydrogen (secondary N) is 1. The molecule has 11 nitrogen and oxygen atoms in total. The second kappa shape index (κ2) is 10.0. The molecular weight excluding hydrogens is 528 g/mol. The Hall–Kier alpha value is -2.62. The fourth-order valence-corrected chi connectivity index (χ4v) is 9.04. The molecule has 4 rings (SSSR count). The minimum Gasteiger partial charge on any atom is -0.444 e. The highest BCUT2D eigenvalue weighted by molar-refractivity contribution is 7.92. The number of carbonyl (C=O) groups is 1. The van der Waals surface area contributed by atoms with Crippen LogP contribution in [0, 0.1) is 0 Å². The van der Waals surface area contributed by atoms with E-state index in [9.17, 15) is 26.8 Å². The Bertz CT molecular complexity index is 1430. The van der Waals surface area contributed by atoms with E-state index >= 15 is 0 Å². The summed E-state index contributed by atoms with van der Waals surface area (Å²) >= 11 is 1.22. The van der Waals surface area contributed by atoms with Crippen LogP contribution in [0.25, 0.3) is 21.8 Å². The van der Waals surface area contributed by atoms with Gasteiger partial charge in [0.2, 0.25) is 5.91 Å². The van der Waals surface area contributed by atoms with E-state index in [0.717, 1.165) is 24.6 Å². The van der Waals surface area contributed by atoms with Crippen LogP contribution in [0.5, 0.6) is 0 Å². The summed E-state index contributed by atoms with van der Waals surface area (Å²) in [5, 5.41) is 9.19. The van der Waals surface area contributed by atoms with Crippen molar-refractivity contribution in [2.75, 3.05) is 32.9 Å². The summed E-state index contributed by atoms with van der Waals surface area (Å²) < 4.78 is 58.4. The molecule has 1 fully saturated rings. The number of nitrogens with zero attached hydrogens (tertiary/aromatic N) is 3. The third-order valence-electron chi connectivity index (χ3n) is 6.27. The predicted molar refractivity (Wildman–Crippen MR) is 134 cm³/mol. The van der Waals surface area contributed by atoms with E-state index in [-0.39, 0.29) is 19.5 Å². The third-order valence-corrected chi connectivity index (χ3v) is 12.2. The lowest BCUT2D eigenvalue weighted by molar-refractivity contribution is -0.129. The topological polar surface area (TPSA) is 150 Å². The van der Waals surface area contributed by atoms with Crippen LogP contribution in [0.2, 0.25) is 0 Å². The molecule has 1 atom stereocenters. The Morgan fingerprint density at radius 3 is 2.50 bits per heavy atom. The number of carbonyl (C=O) groups excluding carboxylic acids is 1. The Morgan fingerprint density at radius 2 is 1.89 bits per heavy atom. The van der Waals surface area contributed by atoms with Crippen LogP contribution in [-0.4, -0.2) is 74.5 Å². The van der Waals surface area contributed by atoms with Crippen molar-refractivity contribution in [3.8, 4) is 21.8 Å². The minimum atomic E-state index is -4.01. The molecule has 2 aromatic heterocycles. The zero-order valence-corrected chi connectivity index (χ0v) is 22.1. The molecule has 3 aromatic rings. The Kier molecular flexibility index (Phi) is 7.37. The first kappa shape index (κ1) is 26.4. The molecule has 0 radical (unpaired) electrons. The molecule has 3 heterocycles. The van der Waals surface area contributed by atoms with Gasteiger partial charge in [-0.1, -0.05) is 24.3 Å². The van der Waals surface area contributed by atoms with Gasteiger partial charge < -0.3 is 4.42 Å². The summed E-state index contributed by atoms with van der Waals surface area (Å²) in [5.41, 5.74) is 3.19. The second-order valence-corrected chi connectivity index (χ2v) is 14.2. The zero-order chi connectivity index (χ0) is 26.1. The van der Waals surface area contributed by atoms with Crippen molar-refractivity contribution in [2.45, 2.75) is 17.6 Å².